The van der Waals surface area contributed by atoms with E-state index in [1.165, 1.54) is 6.08 Å². The number of allylic oxidation sites excluding steroid dienone is 4. The first-order valence-electron chi connectivity index (χ1n) is 5.68. The summed E-state index contributed by atoms with van der Waals surface area (Å²) in [6.45, 7) is 2.14. The Balaban J connectivity index is 2.20. The summed E-state index contributed by atoms with van der Waals surface area (Å²) in [7, 11) is 0. The van der Waals surface area contributed by atoms with E-state index in [-0.39, 0.29) is 5.83 Å². The average molecular weight is 232 g/mol. The molecule has 17 heavy (non-hydrogen) atoms. The zero-order valence-electron chi connectivity index (χ0n) is 9.52. The molecule has 3 rings (SSSR count). The largest absolute Gasteiger partial charge is 0.391 e. The highest BCUT2D eigenvalue weighted by Crippen LogP contribution is 2.28. The number of fused-ring (bicyclic) bond motifs is 2. The van der Waals surface area contributed by atoms with Crippen LogP contribution in [0.25, 0.3) is 11.6 Å². The second-order valence-electron chi connectivity index (χ2n) is 4.47. The molecule has 0 unspecified atom stereocenters. The number of hydrogen-bond acceptors (Lipinski definition) is 2. The molecule has 1 aromatic heterocycles. The Bertz CT molecular complexity index is 649. The predicted octanol–water partition coefficient (Wildman–Crippen LogP) is 0.392. The lowest BCUT2D eigenvalue weighted by atomic mass is 10.00. The highest BCUT2D eigenvalue weighted by atomic mass is 19.1. The van der Waals surface area contributed by atoms with Crippen molar-refractivity contribution in [1.82, 2.24) is 9.78 Å². The molecule has 3 nitrogen and oxygen atoms in total. The number of aliphatic hydroxyl groups is 1. The molecule has 1 atom stereocenters. The van der Waals surface area contributed by atoms with Gasteiger partial charge in [-0.3, -0.25) is 4.68 Å². The lowest BCUT2D eigenvalue weighted by molar-refractivity contribution is 0.167. The Kier molecular flexibility index (Phi) is 2.26. The number of nitrogens with zero attached hydrogens (tertiary/aromatic N) is 2. The monoisotopic (exact) mass is 232 g/mol. The van der Waals surface area contributed by atoms with Gasteiger partial charge in [0.1, 0.15) is 5.83 Å². The van der Waals surface area contributed by atoms with Crippen molar-refractivity contribution < 1.29 is 9.50 Å². The molecule has 1 N–H and O–H groups in total. The van der Waals surface area contributed by atoms with Crippen LogP contribution < -0.4 is 10.6 Å². The van der Waals surface area contributed by atoms with Gasteiger partial charge in [0, 0.05) is 10.8 Å². The molecule has 0 fully saturated rings. The molecule has 1 aromatic rings. The molecule has 2 aliphatic carbocycles. The van der Waals surface area contributed by atoms with Gasteiger partial charge in [-0.2, -0.15) is 5.10 Å². The Hall–Kier alpha value is -1.68. The Morgan fingerprint density at radius 1 is 1.59 bits per heavy atom. The number of aliphatic hydroxyl groups excluding tert-OH is 1. The minimum Gasteiger partial charge on any atom is -0.391 e. The zero-order valence-corrected chi connectivity index (χ0v) is 9.52. The van der Waals surface area contributed by atoms with Crippen LogP contribution in [0.5, 0.6) is 0 Å². The van der Waals surface area contributed by atoms with E-state index in [2.05, 4.69) is 5.10 Å². The van der Waals surface area contributed by atoms with Crippen LogP contribution in [0.2, 0.25) is 0 Å². The van der Waals surface area contributed by atoms with E-state index in [0.717, 1.165) is 22.6 Å². The third-order valence-electron chi connectivity index (χ3n) is 3.09. The summed E-state index contributed by atoms with van der Waals surface area (Å²) >= 11 is 0. The highest BCUT2D eigenvalue weighted by Gasteiger charge is 2.19. The van der Waals surface area contributed by atoms with Gasteiger partial charge in [-0.1, -0.05) is 6.08 Å². The number of hydrogen-bond donors (Lipinski definition) is 1. The fourth-order valence-corrected chi connectivity index (χ4v) is 2.35. The molecule has 0 radical (unpaired) electrons. The van der Waals surface area contributed by atoms with Crippen molar-refractivity contribution in [1.29, 1.82) is 0 Å². The maximum Gasteiger partial charge on any atom is 0.130 e. The first-order valence-corrected chi connectivity index (χ1v) is 5.68. The van der Waals surface area contributed by atoms with Gasteiger partial charge in [-0.25, -0.2) is 4.39 Å². The van der Waals surface area contributed by atoms with Crippen molar-refractivity contribution in [3.8, 4) is 0 Å². The van der Waals surface area contributed by atoms with Crippen LogP contribution in [0.3, 0.4) is 0 Å². The van der Waals surface area contributed by atoms with Gasteiger partial charge in [0.2, 0.25) is 0 Å². The SMILES string of the molecule is C[C@H](O)Cn1ncc2c1=CC1=C(F)C=CCC=21. The second kappa shape index (κ2) is 3.67. The van der Waals surface area contributed by atoms with Crippen LogP contribution in [-0.4, -0.2) is 21.0 Å². The van der Waals surface area contributed by atoms with Crippen molar-refractivity contribution in [2.24, 2.45) is 0 Å². The van der Waals surface area contributed by atoms with Gasteiger partial charge in [-0.15, -0.1) is 0 Å². The van der Waals surface area contributed by atoms with Gasteiger partial charge in [0.05, 0.1) is 24.2 Å². The van der Waals surface area contributed by atoms with Crippen LogP contribution in [-0.2, 0) is 6.54 Å². The minimum absolute atomic E-state index is 0.189. The van der Waals surface area contributed by atoms with Crippen LogP contribution in [0.15, 0.2) is 29.7 Å². The lowest BCUT2D eigenvalue weighted by Crippen LogP contribution is -2.30. The molecule has 0 bridgehead atoms. The number of rotatable bonds is 2. The smallest absolute Gasteiger partial charge is 0.130 e. The lowest BCUT2D eigenvalue weighted by Gasteiger charge is -2.07. The fraction of sp³-hybridized carbons (Fsp3) is 0.308. The number of aromatic nitrogens is 2. The first kappa shape index (κ1) is 10.5. The van der Waals surface area contributed by atoms with E-state index >= 15 is 0 Å². The normalized spacial score (nSPS) is 19.1. The third-order valence-corrected chi connectivity index (χ3v) is 3.09. The molecular weight excluding hydrogens is 219 g/mol. The van der Waals surface area contributed by atoms with Crippen molar-refractivity contribution in [2.45, 2.75) is 26.0 Å². The molecule has 2 aliphatic rings. The zero-order chi connectivity index (χ0) is 12.0. The minimum atomic E-state index is -0.461. The fourth-order valence-electron chi connectivity index (χ4n) is 2.35. The standard InChI is InChI=1S/C13H13FN2O/c1-8(17)7-16-13-5-10-9(11(13)6-15-16)3-2-4-12(10)14/h2,4-6,8,17H,3,7H2,1H3/t8-/m0/s1. The predicted molar refractivity (Wildman–Crippen MR) is 62.9 cm³/mol. The molecule has 4 heteroatoms. The Morgan fingerprint density at radius 3 is 3.18 bits per heavy atom. The van der Waals surface area contributed by atoms with Gasteiger partial charge in [0.15, 0.2) is 0 Å². The van der Waals surface area contributed by atoms with Crippen LogP contribution in [0, 0.1) is 0 Å². The molecule has 0 saturated heterocycles. The van der Waals surface area contributed by atoms with E-state index in [1.54, 1.807) is 17.8 Å². The van der Waals surface area contributed by atoms with Gasteiger partial charge < -0.3 is 5.11 Å². The van der Waals surface area contributed by atoms with E-state index in [1.807, 2.05) is 12.2 Å². The highest BCUT2D eigenvalue weighted by molar-refractivity contribution is 5.84. The average Bonchev–Trinajstić information content (AvgIpc) is 2.80. The maximum atomic E-state index is 13.6. The molecule has 0 aliphatic heterocycles. The first-order chi connectivity index (χ1) is 8.16. The summed E-state index contributed by atoms with van der Waals surface area (Å²) in [6, 6.07) is 0. The summed E-state index contributed by atoms with van der Waals surface area (Å²) in [4.78, 5) is 0. The number of halogens is 1. The van der Waals surface area contributed by atoms with Crippen molar-refractivity contribution in [3.05, 3.63) is 40.3 Å². The molecule has 1 heterocycles. The van der Waals surface area contributed by atoms with E-state index in [4.69, 9.17) is 0 Å². The van der Waals surface area contributed by atoms with Crippen molar-refractivity contribution in [3.63, 3.8) is 0 Å². The van der Waals surface area contributed by atoms with Crippen LogP contribution in [0.1, 0.15) is 13.3 Å². The maximum absolute atomic E-state index is 13.6. The summed E-state index contributed by atoms with van der Waals surface area (Å²) in [6.07, 6.45) is 7.18. The Labute approximate surface area is 97.9 Å². The van der Waals surface area contributed by atoms with Gasteiger partial charge in [0.25, 0.3) is 0 Å². The Morgan fingerprint density at radius 2 is 2.41 bits per heavy atom. The molecule has 0 aromatic carbocycles. The van der Waals surface area contributed by atoms with Crippen molar-refractivity contribution in [2.75, 3.05) is 0 Å². The topological polar surface area (TPSA) is 38.0 Å². The van der Waals surface area contributed by atoms with Gasteiger partial charge >= 0.3 is 0 Å². The quantitative estimate of drug-likeness (QED) is 0.801. The summed E-state index contributed by atoms with van der Waals surface area (Å²) in [5, 5.41) is 15.5. The molecular formula is C13H13FN2O. The van der Waals surface area contributed by atoms with Crippen LogP contribution >= 0.6 is 0 Å². The van der Waals surface area contributed by atoms with E-state index in [9.17, 15) is 9.50 Å². The van der Waals surface area contributed by atoms with Crippen molar-refractivity contribution >= 4 is 11.6 Å². The molecule has 0 amide bonds. The van der Waals surface area contributed by atoms with Crippen LogP contribution in [0.4, 0.5) is 4.39 Å². The van der Waals surface area contributed by atoms with E-state index < -0.39 is 6.10 Å². The molecule has 88 valence electrons. The second-order valence-corrected chi connectivity index (χ2v) is 4.47. The summed E-state index contributed by atoms with van der Waals surface area (Å²) in [5.41, 5.74) is 1.66. The summed E-state index contributed by atoms with van der Waals surface area (Å²) in [5.74, 6) is -0.189. The van der Waals surface area contributed by atoms with E-state index in [0.29, 0.717) is 12.1 Å². The summed E-state index contributed by atoms with van der Waals surface area (Å²) < 4.78 is 15.4. The molecule has 0 saturated carbocycles. The molecule has 0 spiro atoms. The third kappa shape index (κ3) is 1.56. The van der Waals surface area contributed by atoms with Gasteiger partial charge in [-0.05, 0) is 31.1 Å².